The van der Waals surface area contributed by atoms with Crippen LogP contribution in [0.2, 0.25) is 5.02 Å². The highest BCUT2D eigenvalue weighted by Crippen LogP contribution is 2.32. The third-order valence-corrected chi connectivity index (χ3v) is 5.89. The molecule has 0 radical (unpaired) electrons. The first kappa shape index (κ1) is 24.0. The molecule has 4 aromatic rings. The lowest BCUT2D eigenvalue weighted by Crippen LogP contribution is -2.28. The molecule has 0 atom stereocenters. The zero-order valence-electron chi connectivity index (χ0n) is 19.5. The van der Waals surface area contributed by atoms with Gasteiger partial charge in [-0.25, -0.2) is 9.69 Å². The molecular formula is C30H20ClNO5. The molecule has 0 spiro atoms. The van der Waals surface area contributed by atoms with Crippen molar-refractivity contribution >= 4 is 41.1 Å². The lowest BCUT2D eigenvalue weighted by atomic mass is 10.1. The van der Waals surface area contributed by atoms with Crippen molar-refractivity contribution in [3.05, 3.63) is 125 Å². The molecule has 7 heteroatoms. The first-order chi connectivity index (χ1) is 18.0. The molecule has 0 bridgehead atoms. The molecule has 2 amide bonds. The van der Waals surface area contributed by atoms with Crippen molar-refractivity contribution in [3.63, 3.8) is 0 Å². The third kappa shape index (κ3) is 5.44. The van der Waals surface area contributed by atoms with Crippen LogP contribution in [-0.2, 0) is 9.59 Å². The summed E-state index contributed by atoms with van der Waals surface area (Å²) in [5.41, 5.74) is 1.79. The Kier molecular flexibility index (Phi) is 6.83. The molecule has 1 heterocycles. The summed E-state index contributed by atoms with van der Waals surface area (Å²) in [7, 11) is 0. The maximum atomic E-state index is 13.0. The van der Waals surface area contributed by atoms with E-state index in [-0.39, 0.29) is 12.3 Å². The zero-order chi connectivity index (χ0) is 25.8. The standard InChI is InChI=1S/C30H20ClNO5/c31-23-8-6-9-24(19-23)32-28(33)18-22(29(32)34)17-21-7-4-5-12-27(21)36-26-15-13-20(14-16-26)30(35)37-25-10-2-1-3-11-25/h1-17,19H,18H2/b22-17-. The number of para-hydroxylation sites is 2. The van der Waals surface area contributed by atoms with Crippen LogP contribution in [0, 0.1) is 0 Å². The van der Waals surface area contributed by atoms with Gasteiger partial charge in [-0.05, 0) is 66.7 Å². The van der Waals surface area contributed by atoms with Gasteiger partial charge in [0.15, 0.2) is 0 Å². The lowest BCUT2D eigenvalue weighted by Gasteiger charge is -2.13. The van der Waals surface area contributed by atoms with Crippen LogP contribution in [-0.4, -0.2) is 17.8 Å². The fourth-order valence-corrected chi connectivity index (χ4v) is 4.07. The number of carbonyl (C=O) groups excluding carboxylic acids is 3. The van der Waals surface area contributed by atoms with Gasteiger partial charge in [0, 0.05) is 16.2 Å². The van der Waals surface area contributed by atoms with E-state index in [4.69, 9.17) is 21.1 Å². The van der Waals surface area contributed by atoms with Crippen LogP contribution in [0.3, 0.4) is 0 Å². The number of imide groups is 1. The topological polar surface area (TPSA) is 72.9 Å². The van der Waals surface area contributed by atoms with Crippen LogP contribution in [0.15, 0.2) is 109 Å². The summed E-state index contributed by atoms with van der Waals surface area (Å²) in [4.78, 5) is 39.2. The highest BCUT2D eigenvalue weighted by Gasteiger charge is 2.35. The SMILES string of the molecule is O=C(Oc1ccccc1)c1ccc(Oc2ccccc2/C=C2/CC(=O)N(c3cccc(Cl)c3)C2=O)cc1. The Labute approximate surface area is 218 Å². The van der Waals surface area contributed by atoms with Gasteiger partial charge >= 0.3 is 5.97 Å². The minimum absolute atomic E-state index is 0.0299. The van der Waals surface area contributed by atoms with Gasteiger partial charge in [-0.1, -0.05) is 54.1 Å². The number of rotatable bonds is 6. The van der Waals surface area contributed by atoms with E-state index in [0.717, 1.165) is 4.90 Å². The van der Waals surface area contributed by atoms with Crippen molar-refractivity contribution in [2.24, 2.45) is 0 Å². The molecule has 1 aliphatic rings. The van der Waals surface area contributed by atoms with E-state index in [1.165, 1.54) is 0 Å². The molecule has 6 nitrogen and oxygen atoms in total. The van der Waals surface area contributed by atoms with Gasteiger partial charge in [0.25, 0.3) is 5.91 Å². The van der Waals surface area contributed by atoms with Crippen molar-refractivity contribution in [1.82, 2.24) is 0 Å². The van der Waals surface area contributed by atoms with Gasteiger partial charge < -0.3 is 9.47 Å². The molecule has 1 fully saturated rings. The maximum Gasteiger partial charge on any atom is 0.343 e. The van der Waals surface area contributed by atoms with Crippen LogP contribution in [0.4, 0.5) is 5.69 Å². The molecule has 0 aliphatic carbocycles. The second-order valence-corrected chi connectivity index (χ2v) is 8.66. The zero-order valence-corrected chi connectivity index (χ0v) is 20.2. The van der Waals surface area contributed by atoms with Crippen molar-refractivity contribution in [3.8, 4) is 17.2 Å². The predicted octanol–water partition coefficient (Wildman–Crippen LogP) is 6.70. The number of anilines is 1. The van der Waals surface area contributed by atoms with Gasteiger partial charge in [-0.15, -0.1) is 0 Å². The summed E-state index contributed by atoms with van der Waals surface area (Å²) in [6.07, 6.45) is 1.63. The Hall–Kier alpha value is -4.68. The van der Waals surface area contributed by atoms with Crippen molar-refractivity contribution in [2.75, 3.05) is 4.90 Å². The van der Waals surface area contributed by atoms with Crippen LogP contribution >= 0.6 is 11.6 Å². The molecular weight excluding hydrogens is 490 g/mol. The molecule has 0 aromatic heterocycles. The molecule has 1 saturated heterocycles. The van der Waals surface area contributed by atoms with Crippen molar-refractivity contribution in [2.45, 2.75) is 6.42 Å². The number of esters is 1. The van der Waals surface area contributed by atoms with Gasteiger partial charge in [-0.2, -0.15) is 0 Å². The largest absolute Gasteiger partial charge is 0.457 e. The summed E-state index contributed by atoms with van der Waals surface area (Å²) >= 11 is 6.04. The average Bonchev–Trinajstić information content (AvgIpc) is 3.18. The number of hydrogen-bond donors (Lipinski definition) is 0. The highest BCUT2D eigenvalue weighted by molar-refractivity contribution is 6.32. The number of benzene rings is 4. The van der Waals surface area contributed by atoms with E-state index in [2.05, 4.69) is 0 Å². The van der Waals surface area contributed by atoms with Gasteiger partial charge in [0.1, 0.15) is 17.2 Å². The van der Waals surface area contributed by atoms with E-state index in [1.54, 1.807) is 91.0 Å². The van der Waals surface area contributed by atoms with E-state index in [1.807, 2.05) is 18.2 Å². The summed E-state index contributed by atoms with van der Waals surface area (Å²) in [6.45, 7) is 0. The van der Waals surface area contributed by atoms with Crippen LogP contribution in [0.1, 0.15) is 22.3 Å². The average molecular weight is 510 g/mol. The van der Waals surface area contributed by atoms with Crippen LogP contribution < -0.4 is 14.4 Å². The minimum Gasteiger partial charge on any atom is -0.457 e. The predicted molar refractivity (Wildman–Crippen MR) is 141 cm³/mol. The summed E-state index contributed by atoms with van der Waals surface area (Å²) in [5, 5.41) is 0.439. The normalized spacial score (nSPS) is 14.2. The maximum absolute atomic E-state index is 13.0. The second-order valence-electron chi connectivity index (χ2n) is 8.23. The van der Waals surface area contributed by atoms with Gasteiger partial charge in [0.05, 0.1) is 17.7 Å². The van der Waals surface area contributed by atoms with Crippen LogP contribution in [0.5, 0.6) is 17.2 Å². The Bertz CT molecular complexity index is 1510. The number of halogens is 1. The van der Waals surface area contributed by atoms with E-state index in [0.29, 0.717) is 44.7 Å². The minimum atomic E-state index is -0.475. The number of amides is 2. The monoisotopic (exact) mass is 509 g/mol. The molecule has 0 saturated carbocycles. The Balaban J connectivity index is 1.33. The smallest absolute Gasteiger partial charge is 0.343 e. The summed E-state index contributed by atoms with van der Waals surface area (Å²) in [5.74, 6) is 0.256. The number of hydrogen-bond acceptors (Lipinski definition) is 5. The first-order valence-corrected chi connectivity index (χ1v) is 11.8. The molecule has 0 N–H and O–H groups in total. The van der Waals surface area contributed by atoms with Crippen molar-refractivity contribution in [1.29, 1.82) is 0 Å². The molecule has 37 heavy (non-hydrogen) atoms. The number of nitrogens with zero attached hydrogens (tertiary/aromatic N) is 1. The lowest BCUT2D eigenvalue weighted by molar-refractivity contribution is -0.120. The van der Waals surface area contributed by atoms with Crippen LogP contribution in [0.25, 0.3) is 6.08 Å². The Morgan fingerprint density at radius 2 is 1.54 bits per heavy atom. The Morgan fingerprint density at radius 3 is 2.30 bits per heavy atom. The quantitative estimate of drug-likeness (QED) is 0.125. The second kappa shape index (κ2) is 10.5. The third-order valence-electron chi connectivity index (χ3n) is 5.66. The summed E-state index contributed by atoms with van der Waals surface area (Å²) < 4.78 is 11.4. The molecule has 1 aliphatic heterocycles. The Morgan fingerprint density at radius 1 is 0.811 bits per heavy atom. The fraction of sp³-hybridized carbons (Fsp3) is 0.0333. The summed E-state index contributed by atoms with van der Waals surface area (Å²) in [6, 6.07) is 29.2. The molecule has 0 unspecified atom stereocenters. The highest BCUT2D eigenvalue weighted by atomic mass is 35.5. The van der Waals surface area contributed by atoms with Gasteiger partial charge in [-0.3, -0.25) is 9.59 Å². The van der Waals surface area contributed by atoms with Gasteiger partial charge in [0.2, 0.25) is 5.91 Å². The molecule has 4 aromatic carbocycles. The molecule has 5 rings (SSSR count). The fourth-order valence-electron chi connectivity index (χ4n) is 3.88. The van der Waals surface area contributed by atoms with E-state index in [9.17, 15) is 14.4 Å². The van der Waals surface area contributed by atoms with Crippen molar-refractivity contribution < 1.29 is 23.9 Å². The number of carbonyl (C=O) groups is 3. The molecule has 182 valence electrons. The van der Waals surface area contributed by atoms with E-state index < -0.39 is 11.9 Å². The number of ether oxygens (including phenoxy) is 2. The first-order valence-electron chi connectivity index (χ1n) is 11.5. The van der Waals surface area contributed by atoms with E-state index >= 15 is 0 Å².